The summed E-state index contributed by atoms with van der Waals surface area (Å²) < 4.78 is 12.9. The Morgan fingerprint density at radius 1 is 1.04 bits per heavy atom. The zero-order valence-corrected chi connectivity index (χ0v) is 13.1. The van der Waals surface area contributed by atoms with E-state index in [9.17, 15) is 4.39 Å². The van der Waals surface area contributed by atoms with Crippen molar-refractivity contribution in [2.24, 2.45) is 0 Å². The van der Waals surface area contributed by atoms with Crippen molar-refractivity contribution in [3.8, 4) is 11.3 Å². The van der Waals surface area contributed by atoms with Crippen LogP contribution < -0.4 is 5.32 Å². The molecule has 0 atom stereocenters. The van der Waals surface area contributed by atoms with Gasteiger partial charge in [0.1, 0.15) is 11.6 Å². The number of hydrogen-bond acceptors (Lipinski definition) is 2. The Kier molecular flexibility index (Phi) is 4.71. The highest BCUT2D eigenvalue weighted by molar-refractivity contribution is 5.63. The Hall–Kier alpha value is -2.62. The van der Waals surface area contributed by atoms with Crippen molar-refractivity contribution in [2.75, 3.05) is 5.32 Å². The topological polar surface area (TPSA) is 40.7 Å². The SMILES string of the molecule is CCCc1cccc(-c2cc(NCc3ccc(F)cc3)n[nH]2)c1. The molecule has 0 fully saturated rings. The normalized spacial score (nSPS) is 10.7. The fourth-order valence-corrected chi connectivity index (χ4v) is 2.54. The molecule has 23 heavy (non-hydrogen) atoms. The molecule has 3 rings (SSSR count). The molecule has 0 radical (unpaired) electrons. The molecule has 3 nitrogen and oxygen atoms in total. The number of hydrogen-bond donors (Lipinski definition) is 2. The summed E-state index contributed by atoms with van der Waals surface area (Å²) in [6.45, 7) is 2.79. The molecule has 4 heteroatoms. The summed E-state index contributed by atoms with van der Waals surface area (Å²) in [7, 11) is 0. The van der Waals surface area contributed by atoms with Crippen LogP contribution in [0.1, 0.15) is 24.5 Å². The Morgan fingerprint density at radius 3 is 2.65 bits per heavy atom. The lowest BCUT2D eigenvalue weighted by atomic mass is 10.1. The second-order valence-corrected chi connectivity index (χ2v) is 5.60. The lowest BCUT2D eigenvalue weighted by Crippen LogP contribution is -1.99. The number of anilines is 1. The van der Waals surface area contributed by atoms with E-state index >= 15 is 0 Å². The first-order valence-corrected chi connectivity index (χ1v) is 7.87. The first-order valence-electron chi connectivity index (χ1n) is 7.87. The van der Waals surface area contributed by atoms with Crippen molar-refractivity contribution < 1.29 is 4.39 Å². The standard InChI is InChI=1S/C19H20FN3/c1-2-4-14-5-3-6-16(11-14)18-12-19(23-22-18)21-13-15-7-9-17(20)10-8-15/h3,5-12H,2,4,13H2,1H3,(H2,21,22,23). The van der Waals surface area contributed by atoms with E-state index in [2.05, 4.69) is 46.7 Å². The highest BCUT2D eigenvalue weighted by Gasteiger charge is 2.04. The summed E-state index contributed by atoms with van der Waals surface area (Å²) in [4.78, 5) is 0. The minimum atomic E-state index is -0.220. The van der Waals surface area contributed by atoms with Gasteiger partial charge in [0.15, 0.2) is 0 Å². The van der Waals surface area contributed by atoms with Gasteiger partial charge in [-0.15, -0.1) is 0 Å². The molecule has 0 saturated carbocycles. The summed E-state index contributed by atoms with van der Waals surface area (Å²) in [5.41, 5.74) is 4.48. The second kappa shape index (κ2) is 7.09. The minimum Gasteiger partial charge on any atom is -0.365 e. The smallest absolute Gasteiger partial charge is 0.148 e. The van der Waals surface area contributed by atoms with Crippen LogP contribution in [0.2, 0.25) is 0 Å². The molecule has 118 valence electrons. The van der Waals surface area contributed by atoms with Gasteiger partial charge in [0.2, 0.25) is 0 Å². The van der Waals surface area contributed by atoms with Crippen LogP contribution in [0.25, 0.3) is 11.3 Å². The van der Waals surface area contributed by atoms with Gasteiger partial charge in [-0.1, -0.05) is 43.7 Å². The van der Waals surface area contributed by atoms with Crippen molar-refractivity contribution in [1.29, 1.82) is 0 Å². The van der Waals surface area contributed by atoms with Crippen molar-refractivity contribution in [3.05, 3.63) is 71.5 Å². The minimum absolute atomic E-state index is 0.220. The van der Waals surface area contributed by atoms with Crippen molar-refractivity contribution >= 4 is 5.82 Å². The zero-order valence-electron chi connectivity index (χ0n) is 13.1. The summed E-state index contributed by atoms with van der Waals surface area (Å²) in [5, 5.41) is 10.6. The molecule has 0 spiro atoms. The van der Waals surface area contributed by atoms with Crippen molar-refractivity contribution in [2.45, 2.75) is 26.3 Å². The van der Waals surface area contributed by atoms with Gasteiger partial charge in [-0.05, 0) is 41.3 Å². The predicted octanol–water partition coefficient (Wildman–Crippen LogP) is 4.78. The quantitative estimate of drug-likeness (QED) is 0.688. The average molecular weight is 309 g/mol. The largest absolute Gasteiger partial charge is 0.365 e. The van der Waals surface area contributed by atoms with Gasteiger partial charge in [-0.3, -0.25) is 5.10 Å². The van der Waals surface area contributed by atoms with Gasteiger partial charge in [-0.25, -0.2) is 4.39 Å². The van der Waals surface area contributed by atoms with E-state index in [1.807, 2.05) is 6.07 Å². The average Bonchev–Trinajstić information content (AvgIpc) is 3.04. The molecule has 0 saturated heterocycles. The second-order valence-electron chi connectivity index (χ2n) is 5.60. The molecule has 1 heterocycles. The van der Waals surface area contributed by atoms with Gasteiger partial charge in [0.05, 0.1) is 5.69 Å². The number of aromatic nitrogens is 2. The van der Waals surface area contributed by atoms with E-state index in [1.165, 1.54) is 17.7 Å². The molecular weight excluding hydrogens is 289 g/mol. The van der Waals surface area contributed by atoms with E-state index < -0.39 is 0 Å². The first-order chi connectivity index (χ1) is 11.2. The first kappa shape index (κ1) is 15.3. The Morgan fingerprint density at radius 2 is 1.87 bits per heavy atom. The van der Waals surface area contributed by atoms with E-state index in [0.29, 0.717) is 6.54 Å². The van der Waals surface area contributed by atoms with E-state index in [0.717, 1.165) is 35.5 Å². The fourth-order valence-electron chi connectivity index (χ4n) is 2.54. The van der Waals surface area contributed by atoms with Crippen LogP contribution in [-0.2, 0) is 13.0 Å². The molecule has 0 aliphatic rings. The van der Waals surface area contributed by atoms with Gasteiger partial charge < -0.3 is 5.32 Å². The number of rotatable bonds is 6. The predicted molar refractivity (Wildman–Crippen MR) is 91.7 cm³/mol. The van der Waals surface area contributed by atoms with Gasteiger partial charge in [0, 0.05) is 12.6 Å². The monoisotopic (exact) mass is 309 g/mol. The highest BCUT2D eigenvalue weighted by Crippen LogP contribution is 2.21. The molecular formula is C19H20FN3. The maximum atomic E-state index is 12.9. The third-order valence-corrected chi connectivity index (χ3v) is 3.74. The number of halogens is 1. The van der Waals surface area contributed by atoms with Crippen LogP contribution in [0.4, 0.5) is 10.2 Å². The number of benzene rings is 2. The summed E-state index contributed by atoms with van der Waals surface area (Å²) >= 11 is 0. The molecule has 1 aromatic heterocycles. The molecule has 0 aliphatic carbocycles. The summed E-state index contributed by atoms with van der Waals surface area (Å²) in [6, 6.07) is 17.0. The van der Waals surface area contributed by atoms with E-state index in [1.54, 1.807) is 12.1 Å². The number of nitrogens with zero attached hydrogens (tertiary/aromatic N) is 1. The van der Waals surface area contributed by atoms with Crippen LogP contribution in [0.5, 0.6) is 0 Å². The molecule has 0 amide bonds. The molecule has 0 aliphatic heterocycles. The molecule has 2 N–H and O–H groups in total. The van der Waals surface area contributed by atoms with Gasteiger partial charge >= 0.3 is 0 Å². The maximum Gasteiger partial charge on any atom is 0.148 e. The maximum absolute atomic E-state index is 12.9. The third kappa shape index (κ3) is 3.97. The van der Waals surface area contributed by atoms with Crippen LogP contribution in [0.3, 0.4) is 0 Å². The van der Waals surface area contributed by atoms with Crippen LogP contribution in [0.15, 0.2) is 54.6 Å². The number of nitrogens with one attached hydrogen (secondary N) is 2. The highest BCUT2D eigenvalue weighted by atomic mass is 19.1. The Bertz CT molecular complexity index is 762. The number of aromatic amines is 1. The van der Waals surface area contributed by atoms with Crippen molar-refractivity contribution in [3.63, 3.8) is 0 Å². The molecule has 0 bridgehead atoms. The summed E-state index contributed by atoms with van der Waals surface area (Å²) in [6.07, 6.45) is 2.22. The van der Waals surface area contributed by atoms with Gasteiger partial charge in [-0.2, -0.15) is 5.10 Å². The molecule has 2 aromatic carbocycles. The zero-order chi connectivity index (χ0) is 16.1. The lowest BCUT2D eigenvalue weighted by Gasteiger charge is -2.03. The Labute approximate surface area is 135 Å². The fraction of sp³-hybridized carbons (Fsp3) is 0.211. The third-order valence-electron chi connectivity index (χ3n) is 3.74. The van der Waals surface area contributed by atoms with E-state index in [-0.39, 0.29) is 5.82 Å². The lowest BCUT2D eigenvalue weighted by molar-refractivity contribution is 0.627. The van der Waals surface area contributed by atoms with Gasteiger partial charge in [0.25, 0.3) is 0 Å². The van der Waals surface area contributed by atoms with Crippen LogP contribution >= 0.6 is 0 Å². The number of aryl methyl sites for hydroxylation is 1. The van der Waals surface area contributed by atoms with Crippen molar-refractivity contribution in [1.82, 2.24) is 10.2 Å². The molecule has 0 unspecified atom stereocenters. The van der Waals surface area contributed by atoms with Crippen LogP contribution in [0, 0.1) is 5.82 Å². The van der Waals surface area contributed by atoms with Crippen LogP contribution in [-0.4, -0.2) is 10.2 Å². The van der Waals surface area contributed by atoms with E-state index in [4.69, 9.17) is 0 Å². The summed E-state index contributed by atoms with van der Waals surface area (Å²) in [5.74, 6) is 0.563. The Balaban J connectivity index is 1.68. The molecule has 3 aromatic rings. The number of H-pyrrole nitrogens is 1.